The Balaban J connectivity index is 1.87. The van der Waals surface area contributed by atoms with Crippen LogP contribution in [-0.2, 0) is 0 Å². The number of nitriles is 1. The topological polar surface area (TPSA) is 57.5 Å². The van der Waals surface area contributed by atoms with Gasteiger partial charge in [-0.2, -0.15) is 5.26 Å². The van der Waals surface area contributed by atoms with Crippen LogP contribution in [0.15, 0.2) is 18.2 Å². The number of hydrogen-bond donors (Lipinski definition) is 1. The number of benzene rings is 1. The van der Waals surface area contributed by atoms with Crippen LogP contribution in [0.1, 0.15) is 13.3 Å². The standard InChI is InChI=1S/C14H17N3O2/c1-10-8-17(12(4-5-15)7-16-10)11-2-3-13-14(6-11)19-9-18-13/h2-3,6,10,12,16H,4,7-9H2,1H3. The second-order valence-electron chi connectivity index (χ2n) is 5.02. The Morgan fingerprint density at radius 1 is 1.42 bits per heavy atom. The van der Waals surface area contributed by atoms with Crippen molar-refractivity contribution in [3.05, 3.63) is 18.2 Å². The Bertz CT molecular complexity index is 512. The van der Waals surface area contributed by atoms with Gasteiger partial charge in [0, 0.05) is 30.9 Å². The third-order valence-corrected chi connectivity index (χ3v) is 3.63. The summed E-state index contributed by atoms with van der Waals surface area (Å²) in [6.07, 6.45) is 0.522. The van der Waals surface area contributed by atoms with E-state index in [1.807, 2.05) is 18.2 Å². The first-order chi connectivity index (χ1) is 9.28. The van der Waals surface area contributed by atoms with E-state index in [0.717, 1.165) is 30.3 Å². The largest absolute Gasteiger partial charge is 0.454 e. The maximum atomic E-state index is 8.95. The fraction of sp³-hybridized carbons (Fsp3) is 0.500. The molecule has 19 heavy (non-hydrogen) atoms. The van der Waals surface area contributed by atoms with Crippen molar-refractivity contribution in [2.45, 2.75) is 25.4 Å². The van der Waals surface area contributed by atoms with Crippen molar-refractivity contribution in [2.24, 2.45) is 0 Å². The maximum absolute atomic E-state index is 8.95. The zero-order chi connectivity index (χ0) is 13.2. The summed E-state index contributed by atoms with van der Waals surface area (Å²) in [5.41, 5.74) is 1.10. The van der Waals surface area contributed by atoms with E-state index in [4.69, 9.17) is 14.7 Å². The first-order valence-electron chi connectivity index (χ1n) is 6.54. The highest BCUT2D eigenvalue weighted by atomic mass is 16.7. The molecule has 0 spiro atoms. The van der Waals surface area contributed by atoms with Crippen molar-refractivity contribution in [3.63, 3.8) is 0 Å². The average Bonchev–Trinajstić information content (AvgIpc) is 2.88. The summed E-state index contributed by atoms with van der Waals surface area (Å²) in [7, 11) is 0. The first-order valence-corrected chi connectivity index (χ1v) is 6.54. The predicted octanol–water partition coefficient (Wildman–Crippen LogP) is 1.50. The zero-order valence-corrected chi connectivity index (χ0v) is 10.9. The number of ether oxygens (including phenoxy) is 2. The molecule has 0 bridgehead atoms. The van der Waals surface area contributed by atoms with Crippen molar-refractivity contribution >= 4 is 5.69 Å². The zero-order valence-electron chi connectivity index (χ0n) is 10.9. The van der Waals surface area contributed by atoms with Crippen molar-refractivity contribution in [1.29, 1.82) is 5.26 Å². The van der Waals surface area contributed by atoms with E-state index in [0.29, 0.717) is 19.3 Å². The molecular formula is C14H17N3O2. The summed E-state index contributed by atoms with van der Waals surface area (Å²) >= 11 is 0. The van der Waals surface area contributed by atoms with Crippen molar-refractivity contribution in [3.8, 4) is 17.6 Å². The van der Waals surface area contributed by atoms with Gasteiger partial charge in [0.2, 0.25) is 6.79 Å². The fourth-order valence-electron chi connectivity index (χ4n) is 2.62. The van der Waals surface area contributed by atoms with Gasteiger partial charge in [0.1, 0.15) is 0 Å². The number of nitrogens with zero attached hydrogens (tertiary/aromatic N) is 2. The average molecular weight is 259 g/mol. The molecule has 2 heterocycles. The van der Waals surface area contributed by atoms with Crippen molar-refractivity contribution in [1.82, 2.24) is 5.32 Å². The van der Waals surface area contributed by atoms with Crippen molar-refractivity contribution in [2.75, 3.05) is 24.8 Å². The van der Waals surface area contributed by atoms with E-state index >= 15 is 0 Å². The highest BCUT2D eigenvalue weighted by molar-refractivity contribution is 5.58. The summed E-state index contributed by atoms with van der Waals surface area (Å²) < 4.78 is 10.8. The second-order valence-corrected chi connectivity index (χ2v) is 5.02. The van der Waals surface area contributed by atoms with E-state index in [1.54, 1.807) is 0 Å². The quantitative estimate of drug-likeness (QED) is 0.872. The van der Waals surface area contributed by atoms with Crippen molar-refractivity contribution < 1.29 is 9.47 Å². The fourth-order valence-corrected chi connectivity index (χ4v) is 2.62. The van der Waals surface area contributed by atoms with Crippen LogP contribution in [0, 0.1) is 11.3 Å². The van der Waals surface area contributed by atoms with E-state index in [1.165, 1.54) is 0 Å². The van der Waals surface area contributed by atoms with Gasteiger partial charge in [-0.25, -0.2) is 0 Å². The van der Waals surface area contributed by atoms with Gasteiger partial charge in [0.05, 0.1) is 18.5 Å². The molecule has 0 amide bonds. The lowest BCUT2D eigenvalue weighted by Crippen LogP contribution is -2.55. The summed E-state index contributed by atoms with van der Waals surface area (Å²) in [5, 5.41) is 12.4. The highest BCUT2D eigenvalue weighted by Crippen LogP contribution is 2.36. The Morgan fingerprint density at radius 2 is 2.26 bits per heavy atom. The number of fused-ring (bicyclic) bond motifs is 1. The molecule has 2 aliphatic heterocycles. The van der Waals surface area contributed by atoms with Gasteiger partial charge in [-0.3, -0.25) is 0 Å². The number of rotatable bonds is 2. The normalized spacial score (nSPS) is 25.2. The van der Waals surface area contributed by atoms with E-state index in [2.05, 4.69) is 23.2 Å². The van der Waals surface area contributed by atoms with Crippen LogP contribution >= 0.6 is 0 Å². The molecule has 1 saturated heterocycles. The molecule has 3 rings (SSSR count). The van der Waals surface area contributed by atoms with Crippen LogP contribution in [0.5, 0.6) is 11.5 Å². The SMILES string of the molecule is CC1CN(c2ccc3c(c2)OCO3)C(CC#N)CN1. The highest BCUT2D eigenvalue weighted by Gasteiger charge is 2.27. The van der Waals surface area contributed by atoms with Gasteiger partial charge >= 0.3 is 0 Å². The molecule has 5 nitrogen and oxygen atoms in total. The molecule has 0 aliphatic carbocycles. The van der Waals surface area contributed by atoms with Crippen LogP contribution < -0.4 is 19.7 Å². The van der Waals surface area contributed by atoms with Gasteiger partial charge < -0.3 is 19.7 Å². The summed E-state index contributed by atoms with van der Waals surface area (Å²) in [6.45, 7) is 4.18. The molecule has 5 heteroatoms. The van der Waals surface area contributed by atoms with Crippen LogP contribution in [-0.4, -0.2) is 32.0 Å². The molecule has 1 N–H and O–H groups in total. The lowest BCUT2D eigenvalue weighted by molar-refractivity contribution is 0.174. The van der Waals surface area contributed by atoms with E-state index in [-0.39, 0.29) is 6.04 Å². The minimum Gasteiger partial charge on any atom is -0.454 e. The summed E-state index contributed by atoms with van der Waals surface area (Å²) in [5.74, 6) is 1.59. The predicted molar refractivity (Wildman–Crippen MR) is 71.4 cm³/mol. The number of nitrogens with one attached hydrogen (secondary N) is 1. The summed E-state index contributed by atoms with van der Waals surface area (Å²) in [6, 6.07) is 8.87. The minimum atomic E-state index is 0.210. The molecule has 1 fully saturated rings. The Labute approximate surface area is 112 Å². The van der Waals surface area contributed by atoms with Gasteiger partial charge in [0.25, 0.3) is 0 Å². The van der Waals surface area contributed by atoms with Crippen LogP contribution in [0.25, 0.3) is 0 Å². The third-order valence-electron chi connectivity index (χ3n) is 3.63. The monoisotopic (exact) mass is 259 g/mol. The maximum Gasteiger partial charge on any atom is 0.231 e. The van der Waals surface area contributed by atoms with Gasteiger partial charge in [0.15, 0.2) is 11.5 Å². The lowest BCUT2D eigenvalue weighted by atomic mass is 10.1. The molecule has 2 atom stereocenters. The molecule has 2 aliphatic rings. The number of anilines is 1. The molecule has 0 radical (unpaired) electrons. The van der Waals surface area contributed by atoms with Crippen LogP contribution in [0.2, 0.25) is 0 Å². The molecule has 100 valence electrons. The second kappa shape index (κ2) is 4.98. The van der Waals surface area contributed by atoms with Crippen LogP contribution in [0.3, 0.4) is 0 Å². The lowest BCUT2D eigenvalue weighted by Gasteiger charge is -2.40. The molecule has 1 aromatic carbocycles. The molecule has 0 saturated carbocycles. The molecule has 1 aromatic rings. The Morgan fingerprint density at radius 3 is 3.11 bits per heavy atom. The summed E-state index contributed by atoms with van der Waals surface area (Å²) in [4.78, 5) is 2.28. The van der Waals surface area contributed by atoms with Gasteiger partial charge in [-0.05, 0) is 19.1 Å². The minimum absolute atomic E-state index is 0.210. The third kappa shape index (κ3) is 2.32. The van der Waals surface area contributed by atoms with Gasteiger partial charge in [-0.15, -0.1) is 0 Å². The molecular weight excluding hydrogens is 242 g/mol. The smallest absolute Gasteiger partial charge is 0.231 e. The first kappa shape index (κ1) is 12.1. The molecule has 0 aromatic heterocycles. The Hall–Kier alpha value is -1.93. The van der Waals surface area contributed by atoms with Crippen LogP contribution in [0.4, 0.5) is 5.69 Å². The van der Waals surface area contributed by atoms with Gasteiger partial charge in [-0.1, -0.05) is 0 Å². The molecule has 2 unspecified atom stereocenters. The number of hydrogen-bond acceptors (Lipinski definition) is 5. The Kier molecular flexibility index (Phi) is 3.18. The number of piperazine rings is 1. The van der Waals surface area contributed by atoms with E-state index in [9.17, 15) is 0 Å². The van der Waals surface area contributed by atoms with E-state index < -0.39 is 0 Å².